The Morgan fingerprint density at radius 1 is 1.60 bits per heavy atom. The monoisotopic (exact) mass is 145 g/mol. The van der Waals surface area contributed by atoms with Crippen molar-refractivity contribution >= 4 is 11.7 Å². The first-order valence-electron chi connectivity index (χ1n) is 3.00. The average Bonchev–Trinajstić information content (AvgIpc) is 1.81. The summed E-state index contributed by atoms with van der Waals surface area (Å²) in [7, 11) is 0. The van der Waals surface area contributed by atoms with E-state index in [-0.39, 0.29) is 18.8 Å². The average molecular weight is 145 g/mol. The van der Waals surface area contributed by atoms with Crippen molar-refractivity contribution in [2.75, 3.05) is 6.61 Å². The summed E-state index contributed by atoms with van der Waals surface area (Å²) in [5.74, 6) is -1.77. The molecule has 0 aliphatic carbocycles. The van der Waals surface area contributed by atoms with Crippen LogP contribution in [0.15, 0.2) is 0 Å². The summed E-state index contributed by atoms with van der Waals surface area (Å²) in [4.78, 5) is 21.0. The number of primary amides is 1. The third-order valence-electron chi connectivity index (χ3n) is 1.25. The first-order chi connectivity index (χ1) is 4.59. The second kappa shape index (κ2) is 4.00. The van der Waals surface area contributed by atoms with Crippen LogP contribution in [0.5, 0.6) is 0 Å². The molecule has 58 valence electrons. The van der Waals surface area contributed by atoms with Gasteiger partial charge in [-0.2, -0.15) is 0 Å². The summed E-state index contributed by atoms with van der Waals surface area (Å²) in [6.07, 6.45) is 0.130. The molecule has 0 rings (SSSR count). The maximum absolute atomic E-state index is 10.6. The summed E-state index contributed by atoms with van der Waals surface area (Å²) in [5.41, 5.74) is 4.85. The van der Waals surface area contributed by atoms with Crippen LogP contribution in [-0.4, -0.2) is 23.4 Å². The number of hydrogen-bond acceptors (Lipinski definition) is 3. The predicted molar refractivity (Wildman–Crippen MR) is 35.1 cm³/mol. The number of aliphatic hydroxyl groups is 1. The zero-order chi connectivity index (χ0) is 8.15. The molecule has 0 aliphatic heterocycles. The molecule has 4 heteroatoms. The topological polar surface area (TPSA) is 80.4 Å². The van der Waals surface area contributed by atoms with Crippen LogP contribution in [0.25, 0.3) is 0 Å². The van der Waals surface area contributed by atoms with E-state index in [0.29, 0.717) is 0 Å². The van der Waals surface area contributed by atoms with Crippen LogP contribution in [0.4, 0.5) is 0 Å². The summed E-state index contributed by atoms with van der Waals surface area (Å²) >= 11 is 0. The molecule has 0 fully saturated rings. The van der Waals surface area contributed by atoms with E-state index < -0.39 is 11.8 Å². The highest BCUT2D eigenvalue weighted by atomic mass is 16.3. The van der Waals surface area contributed by atoms with E-state index >= 15 is 0 Å². The minimum atomic E-state index is -0.815. The smallest absolute Gasteiger partial charge is 0.228 e. The first kappa shape index (κ1) is 9.10. The van der Waals surface area contributed by atoms with Gasteiger partial charge in [-0.1, -0.05) is 0 Å². The molecule has 1 unspecified atom stereocenters. The van der Waals surface area contributed by atoms with Crippen molar-refractivity contribution < 1.29 is 14.7 Å². The number of carbonyl (C=O) groups excluding carboxylic acids is 2. The molecular formula is C6H11NO3. The highest BCUT2D eigenvalue weighted by Gasteiger charge is 2.18. The van der Waals surface area contributed by atoms with E-state index in [9.17, 15) is 9.59 Å². The Morgan fingerprint density at radius 3 is 2.20 bits per heavy atom. The maximum Gasteiger partial charge on any atom is 0.228 e. The Morgan fingerprint density at radius 2 is 2.10 bits per heavy atom. The Balaban J connectivity index is 3.98. The lowest BCUT2D eigenvalue weighted by Crippen LogP contribution is -2.29. The molecule has 4 nitrogen and oxygen atoms in total. The van der Waals surface area contributed by atoms with Gasteiger partial charge < -0.3 is 10.8 Å². The first-order valence-corrected chi connectivity index (χ1v) is 3.00. The van der Waals surface area contributed by atoms with Gasteiger partial charge in [-0.25, -0.2) is 0 Å². The van der Waals surface area contributed by atoms with Crippen LogP contribution in [-0.2, 0) is 9.59 Å². The van der Waals surface area contributed by atoms with Gasteiger partial charge in [0.15, 0.2) is 0 Å². The number of ketones is 1. The number of nitrogens with two attached hydrogens (primary N) is 1. The molecule has 0 radical (unpaired) electrons. The van der Waals surface area contributed by atoms with Crippen molar-refractivity contribution in [3.05, 3.63) is 0 Å². The minimum Gasteiger partial charge on any atom is -0.396 e. The quantitative estimate of drug-likeness (QED) is 0.501. The number of Topliss-reactive ketones (excluding diaryl/α,β-unsaturated/α-hetero) is 1. The number of carbonyl (C=O) groups is 2. The van der Waals surface area contributed by atoms with Gasteiger partial charge >= 0.3 is 0 Å². The van der Waals surface area contributed by atoms with Gasteiger partial charge in [-0.05, 0) is 13.3 Å². The van der Waals surface area contributed by atoms with Gasteiger partial charge in [0.1, 0.15) is 5.78 Å². The molecule has 10 heavy (non-hydrogen) atoms. The molecule has 0 heterocycles. The largest absolute Gasteiger partial charge is 0.396 e. The Labute approximate surface area is 59.0 Å². The van der Waals surface area contributed by atoms with Crippen molar-refractivity contribution in [1.82, 2.24) is 0 Å². The van der Waals surface area contributed by atoms with E-state index in [1.807, 2.05) is 0 Å². The van der Waals surface area contributed by atoms with Gasteiger partial charge in [0, 0.05) is 6.61 Å². The van der Waals surface area contributed by atoms with Crippen molar-refractivity contribution in [2.45, 2.75) is 13.3 Å². The van der Waals surface area contributed by atoms with E-state index in [4.69, 9.17) is 10.8 Å². The normalized spacial score (nSPS) is 12.6. The van der Waals surface area contributed by atoms with E-state index in [1.54, 1.807) is 0 Å². The van der Waals surface area contributed by atoms with E-state index in [2.05, 4.69) is 0 Å². The van der Waals surface area contributed by atoms with Gasteiger partial charge in [-0.3, -0.25) is 9.59 Å². The summed E-state index contributed by atoms with van der Waals surface area (Å²) in [5, 5.41) is 8.37. The Bertz CT molecular complexity index is 130. The van der Waals surface area contributed by atoms with Crippen LogP contribution in [0.2, 0.25) is 0 Å². The van der Waals surface area contributed by atoms with Crippen LogP contribution >= 0.6 is 0 Å². The van der Waals surface area contributed by atoms with Gasteiger partial charge in [0.05, 0.1) is 5.92 Å². The molecule has 0 aromatic rings. The second-order valence-electron chi connectivity index (χ2n) is 2.08. The van der Waals surface area contributed by atoms with Crippen LogP contribution < -0.4 is 5.73 Å². The molecule has 0 spiro atoms. The van der Waals surface area contributed by atoms with E-state index in [1.165, 1.54) is 6.92 Å². The fourth-order valence-corrected chi connectivity index (χ4v) is 0.675. The molecule has 1 amide bonds. The predicted octanol–water partition coefficient (Wildman–Crippen LogP) is -0.941. The van der Waals surface area contributed by atoms with Crippen molar-refractivity contribution in [1.29, 1.82) is 0 Å². The lowest BCUT2D eigenvalue weighted by atomic mass is 10.0. The van der Waals surface area contributed by atoms with Crippen LogP contribution in [0.1, 0.15) is 13.3 Å². The zero-order valence-corrected chi connectivity index (χ0v) is 5.83. The molecule has 0 aromatic carbocycles. The number of amides is 1. The SMILES string of the molecule is CC(=O)C(CCO)C(N)=O. The molecular weight excluding hydrogens is 134 g/mol. The van der Waals surface area contributed by atoms with Gasteiger partial charge in [0.25, 0.3) is 0 Å². The highest BCUT2D eigenvalue weighted by Crippen LogP contribution is 2.01. The Hall–Kier alpha value is -0.900. The lowest BCUT2D eigenvalue weighted by Gasteiger charge is -2.05. The van der Waals surface area contributed by atoms with Crippen molar-refractivity contribution in [3.63, 3.8) is 0 Å². The molecule has 0 saturated carbocycles. The fourth-order valence-electron chi connectivity index (χ4n) is 0.675. The van der Waals surface area contributed by atoms with Crippen LogP contribution in [0.3, 0.4) is 0 Å². The molecule has 1 atom stereocenters. The zero-order valence-electron chi connectivity index (χ0n) is 5.83. The summed E-state index contributed by atoms with van der Waals surface area (Å²) in [6.45, 7) is 1.10. The van der Waals surface area contributed by atoms with Crippen LogP contribution in [0, 0.1) is 5.92 Å². The maximum atomic E-state index is 10.6. The summed E-state index contributed by atoms with van der Waals surface area (Å²) < 4.78 is 0. The molecule has 0 bridgehead atoms. The second-order valence-corrected chi connectivity index (χ2v) is 2.08. The number of aliphatic hydroxyl groups excluding tert-OH is 1. The van der Waals surface area contributed by atoms with Crippen molar-refractivity contribution in [2.24, 2.45) is 11.7 Å². The fraction of sp³-hybridized carbons (Fsp3) is 0.667. The van der Waals surface area contributed by atoms with E-state index in [0.717, 1.165) is 0 Å². The molecule has 0 saturated heterocycles. The van der Waals surface area contributed by atoms with Crippen molar-refractivity contribution in [3.8, 4) is 0 Å². The molecule has 0 aliphatic rings. The molecule has 3 N–H and O–H groups in total. The third-order valence-corrected chi connectivity index (χ3v) is 1.25. The molecule has 0 aromatic heterocycles. The number of hydrogen-bond donors (Lipinski definition) is 2. The third kappa shape index (κ3) is 2.59. The number of rotatable bonds is 4. The lowest BCUT2D eigenvalue weighted by molar-refractivity contribution is -0.131. The van der Waals surface area contributed by atoms with Gasteiger partial charge in [0.2, 0.25) is 5.91 Å². The Kier molecular flexibility index (Phi) is 3.64. The highest BCUT2D eigenvalue weighted by molar-refractivity contribution is 5.99. The van der Waals surface area contributed by atoms with Gasteiger partial charge in [-0.15, -0.1) is 0 Å². The summed E-state index contributed by atoms with van der Waals surface area (Å²) in [6, 6.07) is 0. The standard InChI is InChI=1S/C6H11NO3/c1-4(9)5(2-3-8)6(7)10/h5,8H,2-3H2,1H3,(H2,7,10). The minimum absolute atomic E-state index is 0.130.